The molecule has 144 valence electrons. The fourth-order valence-electron chi connectivity index (χ4n) is 2.28. The molecule has 0 saturated heterocycles. The minimum atomic E-state index is -0.831. The zero-order chi connectivity index (χ0) is 19.7. The standard InChI is InChI=1S/C20H29NO5/c1-14(2)17(22)12-11-16(13-15-9-7-6-8-10-15)18(23)26-21-19(24)25-20(3,4)5/h6-10,14,16H,11-13H2,1-5H3,(H,21,24)/t16-/m0/s1. The molecule has 0 heterocycles. The van der Waals surface area contributed by atoms with Gasteiger partial charge in [-0.25, -0.2) is 9.59 Å². The predicted octanol–water partition coefficient (Wildman–Crippen LogP) is 3.83. The summed E-state index contributed by atoms with van der Waals surface area (Å²) >= 11 is 0. The lowest BCUT2D eigenvalue weighted by molar-refractivity contribution is -0.155. The fourth-order valence-corrected chi connectivity index (χ4v) is 2.28. The highest BCUT2D eigenvalue weighted by atomic mass is 16.7. The third-order valence-electron chi connectivity index (χ3n) is 3.68. The van der Waals surface area contributed by atoms with Gasteiger partial charge in [0.2, 0.25) is 0 Å². The number of amides is 1. The summed E-state index contributed by atoms with van der Waals surface area (Å²) < 4.78 is 5.03. The third kappa shape index (κ3) is 8.65. The number of carbonyl (C=O) groups is 3. The first-order valence-corrected chi connectivity index (χ1v) is 8.85. The zero-order valence-corrected chi connectivity index (χ0v) is 16.2. The van der Waals surface area contributed by atoms with Crippen LogP contribution in [0.25, 0.3) is 0 Å². The van der Waals surface area contributed by atoms with E-state index in [2.05, 4.69) is 0 Å². The monoisotopic (exact) mass is 363 g/mol. The van der Waals surface area contributed by atoms with Crippen molar-refractivity contribution in [1.29, 1.82) is 0 Å². The Morgan fingerprint density at radius 1 is 1.08 bits per heavy atom. The molecule has 0 bridgehead atoms. The maximum Gasteiger partial charge on any atom is 0.441 e. The van der Waals surface area contributed by atoms with E-state index in [0.717, 1.165) is 5.56 Å². The SMILES string of the molecule is CC(C)C(=O)CC[C@@H](Cc1ccccc1)C(=O)ONC(=O)OC(C)(C)C. The van der Waals surface area contributed by atoms with Gasteiger partial charge in [0.1, 0.15) is 11.4 Å². The molecule has 0 aromatic heterocycles. The van der Waals surface area contributed by atoms with E-state index in [4.69, 9.17) is 9.57 Å². The summed E-state index contributed by atoms with van der Waals surface area (Å²) in [5.41, 5.74) is 2.29. The van der Waals surface area contributed by atoms with Gasteiger partial charge in [-0.2, -0.15) is 0 Å². The molecule has 1 rings (SSSR count). The molecular weight excluding hydrogens is 334 g/mol. The van der Waals surface area contributed by atoms with Gasteiger partial charge in [-0.1, -0.05) is 44.2 Å². The Balaban J connectivity index is 2.68. The number of hydroxylamine groups is 1. The molecule has 6 nitrogen and oxygen atoms in total. The second-order valence-corrected chi connectivity index (χ2v) is 7.57. The van der Waals surface area contributed by atoms with Crippen molar-refractivity contribution in [2.24, 2.45) is 11.8 Å². The van der Waals surface area contributed by atoms with E-state index < -0.39 is 23.6 Å². The van der Waals surface area contributed by atoms with E-state index in [1.165, 1.54) is 0 Å². The lowest BCUT2D eigenvalue weighted by atomic mass is 9.92. The Hall–Kier alpha value is -2.37. The number of hydrogen-bond acceptors (Lipinski definition) is 5. The molecule has 0 aliphatic carbocycles. The molecule has 0 saturated carbocycles. The Kier molecular flexibility index (Phi) is 8.29. The van der Waals surface area contributed by atoms with Crippen molar-refractivity contribution in [3.05, 3.63) is 35.9 Å². The Morgan fingerprint density at radius 2 is 1.69 bits per heavy atom. The summed E-state index contributed by atoms with van der Waals surface area (Å²) in [7, 11) is 0. The molecule has 6 heteroatoms. The van der Waals surface area contributed by atoms with Gasteiger partial charge < -0.3 is 9.57 Å². The highest BCUT2D eigenvalue weighted by molar-refractivity contribution is 5.81. The molecule has 1 N–H and O–H groups in total. The van der Waals surface area contributed by atoms with Crippen LogP contribution in [0.15, 0.2) is 30.3 Å². The highest BCUT2D eigenvalue weighted by Gasteiger charge is 2.24. The first kappa shape index (κ1) is 21.7. The smallest absolute Gasteiger partial charge is 0.441 e. The van der Waals surface area contributed by atoms with Crippen LogP contribution in [0, 0.1) is 11.8 Å². The second-order valence-electron chi connectivity index (χ2n) is 7.57. The van der Waals surface area contributed by atoms with Crippen molar-refractivity contribution in [1.82, 2.24) is 5.48 Å². The van der Waals surface area contributed by atoms with Crippen molar-refractivity contribution in [2.45, 2.75) is 59.5 Å². The van der Waals surface area contributed by atoms with Gasteiger partial charge in [0, 0.05) is 12.3 Å². The number of hydrogen-bond donors (Lipinski definition) is 1. The molecule has 0 spiro atoms. The maximum absolute atomic E-state index is 12.4. The summed E-state index contributed by atoms with van der Waals surface area (Å²) in [6.07, 6.45) is 0.251. The largest absolute Gasteiger partial charge is 0.442 e. The van der Waals surface area contributed by atoms with E-state index in [1.54, 1.807) is 20.8 Å². The number of nitrogens with one attached hydrogen (secondary N) is 1. The van der Waals surface area contributed by atoms with Crippen molar-refractivity contribution in [3.63, 3.8) is 0 Å². The maximum atomic E-state index is 12.4. The molecule has 1 atom stereocenters. The van der Waals surface area contributed by atoms with Gasteiger partial charge in [-0.3, -0.25) is 4.79 Å². The zero-order valence-electron chi connectivity index (χ0n) is 16.2. The summed E-state index contributed by atoms with van der Waals surface area (Å²) in [6, 6.07) is 9.48. The molecule has 0 unspecified atom stereocenters. The van der Waals surface area contributed by atoms with Crippen LogP contribution < -0.4 is 5.48 Å². The van der Waals surface area contributed by atoms with E-state index in [1.807, 2.05) is 49.7 Å². The molecule has 0 aliphatic rings. The van der Waals surface area contributed by atoms with Crippen LogP contribution in [-0.2, 0) is 25.6 Å². The summed E-state index contributed by atoms with van der Waals surface area (Å²) in [4.78, 5) is 40.8. The Morgan fingerprint density at radius 3 is 2.23 bits per heavy atom. The normalized spacial score (nSPS) is 12.4. The average Bonchev–Trinajstić information content (AvgIpc) is 2.55. The predicted molar refractivity (Wildman–Crippen MR) is 98.2 cm³/mol. The van der Waals surface area contributed by atoms with Gasteiger partial charge in [0.15, 0.2) is 0 Å². The van der Waals surface area contributed by atoms with Gasteiger partial charge in [-0.15, -0.1) is 5.48 Å². The molecule has 1 aromatic carbocycles. The molecule has 0 aliphatic heterocycles. The van der Waals surface area contributed by atoms with Crippen LogP contribution in [-0.4, -0.2) is 23.4 Å². The topological polar surface area (TPSA) is 81.7 Å². The Bertz CT molecular complexity index is 604. The van der Waals surface area contributed by atoms with Gasteiger partial charge in [0.05, 0.1) is 5.92 Å². The number of ether oxygens (including phenoxy) is 1. The quantitative estimate of drug-likeness (QED) is 0.745. The lowest BCUT2D eigenvalue weighted by Crippen LogP contribution is -2.36. The van der Waals surface area contributed by atoms with Crippen molar-refractivity contribution in [3.8, 4) is 0 Å². The average molecular weight is 363 g/mol. The minimum absolute atomic E-state index is 0.0803. The van der Waals surface area contributed by atoms with Gasteiger partial charge >= 0.3 is 12.1 Å². The molecule has 1 aromatic rings. The van der Waals surface area contributed by atoms with Crippen molar-refractivity contribution < 1.29 is 24.0 Å². The van der Waals surface area contributed by atoms with Gasteiger partial charge in [0.25, 0.3) is 0 Å². The third-order valence-corrected chi connectivity index (χ3v) is 3.68. The number of carbonyl (C=O) groups excluding carboxylic acids is 3. The number of ketones is 1. The summed E-state index contributed by atoms with van der Waals surface area (Å²) in [5, 5.41) is 0. The van der Waals surface area contributed by atoms with Crippen LogP contribution in [0.5, 0.6) is 0 Å². The van der Waals surface area contributed by atoms with Crippen LogP contribution in [0.4, 0.5) is 4.79 Å². The Labute approximate surface area is 155 Å². The summed E-state index contributed by atoms with van der Waals surface area (Å²) in [6.45, 7) is 8.80. The van der Waals surface area contributed by atoms with E-state index in [-0.39, 0.29) is 18.1 Å². The first-order valence-electron chi connectivity index (χ1n) is 8.85. The number of rotatable bonds is 7. The van der Waals surface area contributed by atoms with Crippen LogP contribution >= 0.6 is 0 Å². The van der Waals surface area contributed by atoms with E-state index in [0.29, 0.717) is 12.8 Å². The highest BCUT2D eigenvalue weighted by Crippen LogP contribution is 2.17. The minimum Gasteiger partial charge on any atom is -0.442 e. The molecular formula is C20H29NO5. The fraction of sp³-hybridized carbons (Fsp3) is 0.550. The first-order chi connectivity index (χ1) is 12.1. The lowest BCUT2D eigenvalue weighted by Gasteiger charge is -2.20. The van der Waals surface area contributed by atoms with E-state index >= 15 is 0 Å². The summed E-state index contributed by atoms with van der Waals surface area (Å²) in [5.74, 6) is -1.11. The van der Waals surface area contributed by atoms with Crippen molar-refractivity contribution in [2.75, 3.05) is 0 Å². The van der Waals surface area contributed by atoms with Crippen LogP contribution in [0.1, 0.15) is 53.0 Å². The molecule has 0 radical (unpaired) electrons. The van der Waals surface area contributed by atoms with Gasteiger partial charge in [-0.05, 0) is 39.2 Å². The van der Waals surface area contributed by atoms with E-state index in [9.17, 15) is 14.4 Å². The number of Topliss-reactive ketones (excluding diaryl/α,β-unsaturated/α-hetero) is 1. The molecule has 26 heavy (non-hydrogen) atoms. The van der Waals surface area contributed by atoms with Crippen molar-refractivity contribution >= 4 is 17.8 Å². The number of benzene rings is 1. The second kappa shape index (κ2) is 9.94. The molecule has 1 amide bonds. The van der Waals surface area contributed by atoms with Crippen LogP contribution in [0.2, 0.25) is 0 Å². The van der Waals surface area contributed by atoms with Crippen LogP contribution in [0.3, 0.4) is 0 Å². The molecule has 0 fully saturated rings.